The Labute approximate surface area is 84.3 Å². The number of nitrogens with zero attached hydrogens (tertiary/aromatic N) is 2. The smallest absolute Gasteiger partial charge is 0.219 e. The molecule has 1 aromatic rings. The van der Waals surface area contributed by atoms with Crippen LogP contribution in [0.1, 0.15) is 24.2 Å². The minimum absolute atomic E-state index is 0.0968. The highest BCUT2D eigenvalue weighted by atomic mass is 16.1. The van der Waals surface area contributed by atoms with Crippen LogP contribution in [0.3, 0.4) is 0 Å². The van der Waals surface area contributed by atoms with E-state index in [2.05, 4.69) is 14.9 Å². The number of aryl methyl sites for hydroxylation is 2. The summed E-state index contributed by atoms with van der Waals surface area (Å²) in [6, 6.07) is 0. The Hall–Kier alpha value is -1.32. The number of aromatic nitrogens is 2. The van der Waals surface area contributed by atoms with Crippen LogP contribution < -0.4 is 5.32 Å². The van der Waals surface area contributed by atoms with Gasteiger partial charge >= 0.3 is 0 Å². The molecule has 0 aliphatic rings. The van der Waals surface area contributed by atoms with Crippen molar-refractivity contribution in [1.29, 1.82) is 0 Å². The third-order valence-corrected chi connectivity index (χ3v) is 2.43. The highest BCUT2D eigenvalue weighted by Crippen LogP contribution is 2.05. The van der Waals surface area contributed by atoms with Gasteiger partial charge in [-0.05, 0) is 20.3 Å². The molecule has 0 saturated heterocycles. The van der Waals surface area contributed by atoms with E-state index in [0.717, 1.165) is 18.7 Å². The molecule has 78 valence electrons. The third-order valence-electron chi connectivity index (χ3n) is 2.43. The van der Waals surface area contributed by atoms with E-state index >= 15 is 0 Å². The molecule has 0 bridgehead atoms. The average Bonchev–Trinajstić information content (AvgIpc) is 2.49. The van der Waals surface area contributed by atoms with Gasteiger partial charge in [0.1, 0.15) is 0 Å². The van der Waals surface area contributed by atoms with E-state index in [1.54, 1.807) is 7.05 Å². The van der Waals surface area contributed by atoms with Crippen molar-refractivity contribution in [1.82, 2.24) is 14.9 Å². The van der Waals surface area contributed by atoms with E-state index in [0.29, 0.717) is 6.42 Å². The molecule has 1 amide bonds. The quantitative estimate of drug-likeness (QED) is 0.780. The fourth-order valence-corrected chi connectivity index (χ4v) is 1.30. The fraction of sp³-hybridized carbons (Fsp3) is 0.600. The molecule has 0 radical (unpaired) electrons. The number of rotatable bonds is 4. The summed E-state index contributed by atoms with van der Waals surface area (Å²) in [6.07, 6.45) is 3.26. The van der Waals surface area contributed by atoms with Crippen LogP contribution in [-0.2, 0) is 11.3 Å². The number of amides is 1. The van der Waals surface area contributed by atoms with Gasteiger partial charge in [-0.15, -0.1) is 0 Å². The van der Waals surface area contributed by atoms with Crippen molar-refractivity contribution in [3.05, 3.63) is 17.7 Å². The van der Waals surface area contributed by atoms with Gasteiger partial charge in [-0.25, -0.2) is 4.98 Å². The molecule has 0 atom stereocenters. The summed E-state index contributed by atoms with van der Waals surface area (Å²) >= 11 is 0. The minimum Gasteiger partial charge on any atom is -0.359 e. The summed E-state index contributed by atoms with van der Waals surface area (Å²) < 4.78 is 2.08. The largest absolute Gasteiger partial charge is 0.359 e. The maximum atomic E-state index is 11.0. The van der Waals surface area contributed by atoms with Gasteiger partial charge in [0.05, 0.1) is 12.0 Å². The molecule has 1 N–H and O–H groups in total. The molecule has 1 heterocycles. The highest BCUT2D eigenvalue weighted by molar-refractivity contribution is 5.75. The first-order chi connectivity index (χ1) is 6.65. The lowest BCUT2D eigenvalue weighted by atomic mass is 10.3. The molecule has 0 fully saturated rings. The molecule has 1 aromatic heterocycles. The number of carbonyl (C=O) groups excluding carboxylic acids is 1. The van der Waals surface area contributed by atoms with Gasteiger partial charge in [0, 0.05) is 25.7 Å². The number of nitrogens with one attached hydrogen (secondary N) is 1. The van der Waals surface area contributed by atoms with Crippen LogP contribution in [0.4, 0.5) is 0 Å². The van der Waals surface area contributed by atoms with Crippen molar-refractivity contribution in [3.63, 3.8) is 0 Å². The van der Waals surface area contributed by atoms with Gasteiger partial charge in [0.2, 0.25) is 5.91 Å². The maximum Gasteiger partial charge on any atom is 0.219 e. The molecule has 0 aliphatic heterocycles. The molecule has 14 heavy (non-hydrogen) atoms. The summed E-state index contributed by atoms with van der Waals surface area (Å²) in [4.78, 5) is 15.2. The Morgan fingerprint density at radius 2 is 2.29 bits per heavy atom. The van der Waals surface area contributed by atoms with E-state index in [1.807, 2.05) is 20.2 Å². The van der Waals surface area contributed by atoms with Crippen molar-refractivity contribution >= 4 is 5.91 Å². The SMILES string of the molecule is CNC(=O)CCCn1cnc(C)c1C. The van der Waals surface area contributed by atoms with E-state index in [1.165, 1.54) is 5.69 Å². The lowest BCUT2D eigenvalue weighted by Crippen LogP contribution is -2.17. The molecule has 0 unspecified atom stereocenters. The lowest BCUT2D eigenvalue weighted by Gasteiger charge is -2.04. The average molecular weight is 195 g/mol. The van der Waals surface area contributed by atoms with Crippen molar-refractivity contribution in [3.8, 4) is 0 Å². The van der Waals surface area contributed by atoms with Gasteiger partial charge < -0.3 is 9.88 Å². The van der Waals surface area contributed by atoms with Gasteiger partial charge in [0.15, 0.2) is 0 Å². The van der Waals surface area contributed by atoms with Crippen LogP contribution in [0.5, 0.6) is 0 Å². The summed E-state index contributed by atoms with van der Waals surface area (Å²) in [5.74, 6) is 0.0968. The zero-order valence-corrected chi connectivity index (χ0v) is 9.00. The Kier molecular flexibility index (Phi) is 3.68. The molecule has 0 aromatic carbocycles. The summed E-state index contributed by atoms with van der Waals surface area (Å²) in [7, 11) is 1.66. The molecule has 0 spiro atoms. The number of hydrogen-bond donors (Lipinski definition) is 1. The van der Waals surface area contributed by atoms with Crippen molar-refractivity contribution in [2.75, 3.05) is 7.05 Å². The number of imidazole rings is 1. The van der Waals surface area contributed by atoms with Crippen LogP contribution in [0.15, 0.2) is 6.33 Å². The summed E-state index contributed by atoms with van der Waals surface area (Å²) in [5.41, 5.74) is 2.24. The zero-order valence-electron chi connectivity index (χ0n) is 9.00. The molecular formula is C10H17N3O. The van der Waals surface area contributed by atoms with E-state index in [9.17, 15) is 4.79 Å². The molecule has 0 aliphatic carbocycles. The third kappa shape index (κ3) is 2.58. The van der Waals surface area contributed by atoms with Gasteiger partial charge in [-0.1, -0.05) is 0 Å². The van der Waals surface area contributed by atoms with Crippen LogP contribution in [0, 0.1) is 13.8 Å². The van der Waals surface area contributed by atoms with E-state index in [4.69, 9.17) is 0 Å². The molecular weight excluding hydrogens is 178 g/mol. The van der Waals surface area contributed by atoms with Crippen LogP contribution in [0.25, 0.3) is 0 Å². The first kappa shape index (κ1) is 10.8. The zero-order chi connectivity index (χ0) is 10.6. The molecule has 4 nitrogen and oxygen atoms in total. The summed E-state index contributed by atoms with van der Waals surface area (Å²) in [6.45, 7) is 4.90. The second kappa shape index (κ2) is 4.79. The predicted molar refractivity (Wildman–Crippen MR) is 55.0 cm³/mol. The molecule has 0 saturated carbocycles. The minimum atomic E-state index is 0.0968. The standard InChI is InChI=1S/C10H17N3O/c1-8-9(2)13(7-12-8)6-4-5-10(14)11-3/h7H,4-6H2,1-3H3,(H,11,14). The second-order valence-electron chi connectivity index (χ2n) is 3.39. The van der Waals surface area contributed by atoms with E-state index < -0.39 is 0 Å². The Balaban J connectivity index is 2.39. The van der Waals surface area contributed by atoms with Crippen molar-refractivity contribution in [2.45, 2.75) is 33.2 Å². The second-order valence-corrected chi connectivity index (χ2v) is 3.39. The fourth-order valence-electron chi connectivity index (χ4n) is 1.30. The number of carbonyl (C=O) groups is 1. The van der Waals surface area contributed by atoms with Gasteiger partial charge in [0.25, 0.3) is 0 Å². The topological polar surface area (TPSA) is 46.9 Å². The molecule has 1 rings (SSSR count). The first-order valence-corrected chi connectivity index (χ1v) is 4.84. The van der Waals surface area contributed by atoms with Crippen molar-refractivity contribution < 1.29 is 4.79 Å². The Bertz CT molecular complexity index is 317. The van der Waals surface area contributed by atoms with Crippen LogP contribution >= 0.6 is 0 Å². The van der Waals surface area contributed by atoms with Crippen molar-refractivity contribution in [2.24, 2.45) is 0 Å². The van der Waals surface area contributed by atoms with E-state index in [-0.39, 0.29) is 5.91 Å². The predicted octanol–water partition coefficient (Wildman–Crippen LogP) is 1.03. The van der Waals surface area contributed by atoms with Gasteiger partial charge in [-0.2, -0.15) is 0 Å². The Morgan fingerprint density at radius 1 is 1.57 bits per heavy atom. The normalized spacial score (nSPS) is 10.2. The van der Waals surface area contributed by atoms with Crippen LogP contribution in [0.2, 0.25) is 0 Å². The number of hydrogen-bond acceptors (Lipinski definition) is 2. The molecule has 4 heteroatoms. The maximum absolute atomic E-state index is 11.0. The summed E-state index contributed by atoms with van der Waals surface area (Å²) in [5, 5.41) is 2.61. The monoisotopic (exact) mass is 195 g/mol. The first-order valence-electron chi connectivity index (χ1n) is 4.84. The highest BCUT2D eigenvalue weighted by Gasteiger charge is 2.02. The van der Waals surface area contributed by atoms with Crippen LogP contribution in [-0.4, -0.2) is 22.5 Å². The lowest BCUT2D eigenvalue weighted by molar-refractivity contribution is -0.120. The van der Waals surface area contributed by atoms with Gasteiger partial charge in [-0.3, -0.25) is 4.79 Å². The Morgan fingerprint density at radius 3 is 2.79 bits per heavy atom.